The van der Waals surface area contributed by atoms with Gasteiger partial charge in [-0.05, 0) is 56.3 Å². The summed E-state index contributed by atoms with van der Waals surface area (Å²) in [5.74, 6) is -1.38. The first-order valence-electron chi connectivity index (χ1n) is 13.1. The van der Waals surface area contributed by atoms with Gasteiger partial charge in [0.2, 0.25) is 0 Å². The first kappa shape index (κ1) is 16.3. The van der Waals surface area contributed by atoms with E-state index in [0.29, 0.717) is 24.2 Å². The zero-order valence-corrected chi connectivity index (χ0v) is 17.7. The van der Waals surface area contributed by atoms with Crippen LogP contribution in [0.25, 0.3) is 0 Å². The Balaban J connectivity index is 2.29. The van der Waals surface area contributed by atoms with Crippen molar-refractivity contribution in [2.45, 2.75) is 64.6 Å². The Kier molecular flexibility index (Phi) is 5.50. The molecule has 0 unspecified atom stereocenters. The van der Waals surface area contributed by atoms with E-state index in [-0.39, 0.29) is 12.2 Å². The van der Waals surface area contributed by atoms with Gasteiger partial charge in [0.05, 0.1) is 18.2 Å². The van der Waals surface area contributed by atoms with Crippen molar-refractivity contribution in [3.05, 3.63) is 65.7 Å². The highest BCUT2D eigenvalue weighted by molar-refractivity contribution is 5.86. The lowest BCUT2D eigenvalue weighted by atomic mass is 9.89. The van der Waals surface area contributed by atoms with Crippen molar-refractivity contribution in [3.8, 4) is 5.75 Å². The molecule has 0 aliphatic rings. The van der Waals surface area contributed by atoms with Gasteiger partial charge in [0.15, 0.2) is 5.60 Å². The Morgan fingerprint density at radius 1 is 1.13 bits per heavy atom. The largest absolute Gasteiger partial charge is 0.493 e. The molecule has 0 fully saturated rings. The van der Waals surface area contributed by atoms with Crippen LogP contribution in [0.1, 0.15) is 72.7 Å². The van der Waals surface area contributed by atoms with E-state index >= 15 is 0 Å². The summed E-state index contributed by atoms with van der Waals surface area (Å²) in [4.78, 5) is 13.2. The minimum Gasteiger partial charge on any atom is -0.493 e. The van der Waals surface area contributed by atoms with Crippen LogP contribution in [0.15, 0.2) is 54.6 Å². The van der Waals surface area contributed by atoms with E-state index < -0.39 is 42.8 Å². The van der Waals surface area contributed by atoms with E-state index in [1.165, 1.54) is 38.1 Å². The number of nitrogens with one attached hydrogen (secondary N) is 1. The van der Waals surface area contributed by atoms with Crippen molar-refractivity contribution in [3.63, 3.8) is 0 Å². The zero-order chi connectivity index (χ0) is 27.4. The molecule has 3 atom stereocenters. The average Bonchev–Trinajstić information content (AvgIpc) is 2.78. The van der Waals surface area contributed by atoms with Crippen LogP contribution >= 0.6 is 0 Å². The number of amides is 1. The number of hydrogen-bond donors (Lipinski definition) is 3. The van der Waals surface area contributed by atoms with Crippen LogP contribution in [0.2, 0.25) is 0 Å². The van der Waals surface area contributed by atoms with Gasteiger partial charge in [-0.1, -0.05) is 62.7 Å². The third kappa shape index (κ3) is 6.31. The maximum absolute atomic E-state index is 13.2. The fourth-order valence-corrected chi connectivity index (χ4v) is 3.10. The predicted molar refractivity (Wildman–Crippen MR) is 119 cm³/mol. The molecule has 0 bridgehead atoms. The van der Waals surface area contributed by atoms with E-state index in [1.54, 1.807) is 30.3 Å². The second-order valence-corrected chi connectivity index (χ2v) is 8.00. The standard InChI is InChI=1S/C25H35NO4/c1-6-10-18(2)17-30-21-15-13-19(14-16-21)22(24(3,4)28)26-23(27)25(5,29)20-11-8-7-9-12-20/h7-9,11-16,18,22,28-29H,6,10,17H2,1-5H3,(H,26,27)/t18-,22+,25+/m0/s1/i2D3,5D3. The minimum atomic E-state index is -3.09. The summed E-state index contributed by atoms with van der Waals surface area (Å²) in [6, 6.07) is 12.6. The first-order chi connectivity index (χ1) is 16.5. The van der Waals surface area contributed by atoms with Crippen LogP contribution < -0.4 is 10.1 Å². The Morgan fingerprint density at radius 2 is 1.80 bits per heavy atom. The molecule has 5 nitrogen and oxygen atoms in total. The lowest BCUT2D eigenvalue weighted by molar-refractivity contribution is -0.141. The van der Waals surface area contributed by atoms with Crippen LogP contribution in [0.4, 0.5) is 0 Å². The maximum Gasteiger partial charge on any atom is 0.256 e. The molecule has 2 rings (SSSR count). The van der Waals surface area contributed by atoms with E-state index in [9.17, 15) is 15.0 Å². The minimum absolute atomic E-state index is 0.0119. The molecule has 0 aromatic heterocycles. The lowest BCUT2D eigenvalue weighted by Crippen LogP contribution is -2.49. The monoisotopic (exact) mass is 419 g/mol. The zero-order valence-electron chi connectivity index (χ0n) is 23.7. The summed E-state index contributed by atoms with van der Waals surface area (Å²) >= 11 is 0. The van der Waals surface area contributed by atoms with Gasteiger partial charge in [-0.15, -0.1) is 0 Å². The van der Waals surface area contributed by atoms with Crippen molar-refractivity contribution in [2.75, 3.05) is 6.61 Å². The van der Waals surface area contributed by atoms with Crippen LogP contribution in [0, 0.1) is 5.92 Å². The molecule has 0 radical (unpaired) electrons. The summed E-state index contributed by atoms with van der Waals surface area (Å²) in [6.07, 6.45) is 1.21. The summed E-state index contributed by atoms with van der Waals surface area (Å²) in [7, 11) is 0. The maximum atomic E-state index is 13.2. The molecule has 0 saturated heterocycles. The molecule has 0 aliphatic carbocycles. The Bertz CT molecular complexity index is 987. The summed E-state index contributed by atoms with van der Waals surface area (Å²) < 4.78 is 52.2. The van der Waals surface area contributed by atoms with Gasteiger partial charge < -0.3 is 20.3 Å². The Morgan fingerprint density at radius 3 is 2.33 bits per heavy atom. The third-order valence-electron chi connectivity index (χ3n) is 4.80. The fourth-order valence-electron chi connectivity index (χ4n) is 3.10. The number of ether oxygens (including phenoxy) is 1. The van der Waals surface area contributed by atoms with Gasteiger partial charge in [0.1, 0.15) is 5.75 Å². The SMILES string of the molecule is [2H]C([2H])([2H])[C@@H](CCC)COc1ccc([C@@H](NC(=O)[C@](O)(c2ccccc2)C([2H])([2H])[2H])C(C)(C)O)cc1. The lowest BCUT2D eigenvalue weighted by Gasteiger charge is -2.33. The van der Waals surface area contributed by atoms with Crippen molar-refractivity contribution in [1.29, 1.82) is 0 Å². The smallest absolute Gasteiger partial charge is 0.256 e. The second-order valence-electron chi connectivity index (χ2n) is 8.00. The van der Waals surface area contributed by atoms with Crippen LogP contribution in [-0.4, -0.2) is 28.3 Å². The van der Waals surface area contributed by atoms with Gasteiger partial charge in [-0.2, -0.15) is 0 Å². The van der Waals surface area contributed by atoms with Crippen molar-refractivity contribution in [2.24, 2.45) is 5.92 Å². The van der Waals surface area contributed by atoms with Crippen molar-refractivity contribution < 1.29 is 28.0 Å². The molecule has 30 heavy (non-hydrogen) atoms. The highest BCUT2D eigenvalue weighted by Crippen LogP contribution is 2.29. The number of benzene rings is 2. The molecule has 2 aromatic rings. The molecular weight excluding hydrogens is 378 g/mol. The fraction of sp³-hybridized carbons (Fsp3) is 0.480. The molecule has 0 spiro atoms. The molecule has 2 aromatic carbocycles. The van der Waals surface area contributed by atoms with Crippen molar-refractivity contribution in [1.82, 2.24) is 5.32 Å². The second kappa shape index (κ2) is 10.1. The molecule has 0 saturated carbocycles. The van der Waals surface area contributed by atoms with Gasteiger partial charge >= 0.3 is 0 Å². The first-order valence-corrected chi connectivity index (χ1v) is 10.1. The number of aliphatic hydroxyl groups is 2. The van der Waals surface area contributed by atoms with E-state index in [2.05, 4.69) is 5.32 Å². The molecule has 0 aliphatic heterocycles. The number of carbonyl (C=O) groups excluding carboxylic acids is 1. The van der Waals surface area contributed by atoms with E-state index in [4.69, 9.17) is 13.0 Å². The van der Waals surface area contributed by atoms with Gasteiger partial charge in [0.25, 0.3) is 5.91 Å². The number of rotatable bonds is 10. The van der Waals surface area contributed by atoms with Gasteiger partial charge in [-0.3, -0.25) is 4.79 Å². The molecule has 0 heterocycles. The van der Waals surface area contributed by atoms with Crippen LogP contribution in [0.3, 0.4) is 0 Å². The Labute approximate surface area is 188 Å². The molecule has 5 heteroatoms. The van der Waals surface area contributed by atoms with Gasteiger partial charge in [0, 0.05) is 8.22 Å². The van der Waals surface area contributed by atoms with Crippen molar-refractivity contribution >= 4 is 5.91 Å². The molecular formula is C25H35NO4. The average molecular weight is 420 g/mol. The van der Waals surface area contributed by atoms with Crippen LogP contribution in [-0.2, 0) is 10.4 Å². The Hall–Kier alpha value is -2.37. The predicted octanol–water partition coefficient (Wildman–Crippen LogP) is 4.34. The topological polar surface area (TPSA) is 78.8 Å². The third-order valence-corrected chi connectivity index (χ3v) is 4.80. The molecule has 164 valence electrons. The van der Waals surface area contributed by atoms with E-state index in [0.717, 1.165) is 0 Å². The van der Waals surface area contributed by atoms with E-state index in [1.807, 2.05) is 6.92 Å². The normalized spacial score (nSPS) is 19.5. The number of carbonyl (C=O) groups is 1. The highest BCUT2D eigenvalue weighted by Gasteiger charge is 2.37. The quantitative estimate of drug-likeness (QED) is 0.535. The summed E-state index contributed by atoms with van der Waals surface area (Å²) in [6.45, 7) is -0.403. The molecule has 3 N–H and O–H groups in total. The van der Waals surface area contributed by atoms with Crippen LogP contribution in [0.5, 0.6) is 5.75 Å². The van der Waals surface area contributed by atoms with Gasteiger partial charge in [-0.25, -0.2) is 0 Å². The number of hydrogen-bond acceptors (Lipinski definition) is 4. The highest BCUT2D eigenvalue weighted by atomic mass is 16.5. The summed E-state index contributed by atoms with van der Waals surface area (Å²) in [5, 5.41) is 24.4. The molecule has 1 amide bonds. The summed E-state index contributed by atoms with van der Waals surface area (Å²) in [5.41, 5.74) is -4.04.